The van der Waals surface area contributed by atoms with Crippen molar-refractivity contribution in [3.05, 3.63) is 53.3 Å². The number of nitrogens with zero attached hydrogens (tertiary/aromatic N) is 3. The highest BCUT2D eigenvalue weighted by Gasteiger charge is 2.17. The summed E-state index contributed by atoms with van der Waals surface area (Å²) >= 11 is 1.24. The molecule has 3 rings (SSSR count). The first-order valence-corrected chi connectivity index (χ1v) is 9.44. The summed E-state index contributed by atoms with van der Waals surface area (Å²) in [5, 5.41) is 6.08. The molecule has 0 aliphatic carbocycles. The minimum absolute atomic E-state index is 0.0516. The number of hydrogen-bond acceptors (Lipinski definition) is 7. The van der Waals surface area contributed by atoms with Crippen LogP contribution in [0.4, 0.5) is 5.69 Å². The maximum atomic E-state index is 12.6. The zero-order chi connectivity index (χ0) is 19.9. The maximum Gasteiger partial charge on any atom is 0.267 e. The van der Waals surface area contributed by atoms with Crippen LogP contribution in [-0.2, 0) is 4.79 Å². The van der Waals surface area contributed by atoms with Crippen molar-refractivity contribution in [3.8, 4) is 16.6 Å². The van der Waals surface area contributed by atoms with Gasteiger partial charge in [-0.05, 0) is 44.2 Å². The lowest BCUT2D eigenvalue weighted by molar-refractivity contribution is -0.122. The smallest absolute Gasteiger partial charge is 0.267 e. The highest BCUT2D eigenvalue weighted by atomic mass is 32.1. The van der Waals surface area contributed by atoms with E-state index in [9.17, 15) is 9.59 Å². The first kappa shape index (κ1) is 19.4. The Kier molecular flexibility index (Phi) is 6.28. The van der Waals surface area contributed by atoms with Crippen molar-refractivity contribution in [3.63, 3.8) is 0 Å². The van der Waals surface area contributed by atoms with E-state index in [0.717, 1.165) is 0 Å². The molecule has 2 aromatic heterocycles. The van der Waals surface area contributed by atoms with Gasteiger partial charge in [-0.25, -0.2) is 15.0 Å². The van der Waals surface area contributed by atoms with Crippen LogP contribution >= 0.6 is 11.3 Å². The van der Waals surface area contributed by atoms with Gasteiger partial charge >= 0.3 is 0 Å². The lowest BCUT2D eigenvalue weighted by Crippen LogP contribution is -2.28. The number of hydrogen-bond donors (Lipinski definition) is 2. The van der Waals surface area contributed by atoms with Crippen molar-refractivity contribution in [1.29, 1.82) is 0 Å². The fourth-order valence-corrected chi connectivity index (χ4v) is 3.24. The molecule has 1 aromatic carbocycles. The van der Waals surface area contributed by atoms with E-state index in [-0.39, 0.29) is 18.4 Å². The molecule has 0 unspecified atom stereocenters. The Morgan fingerprint density at radius 3 is 2.54 bits per heavy atom. The number of carbonyl (C=O) groups is 2. The Bertz CT molecular complexity index is 957. The number of carbonyl (C=O) groups excluding carboxylic acids is 2. The second-order valence-corrected chi connectivity index (χ2v) is 6.73. The third-order valence-corrected chi connectivity index (χ3v) is 4.77. The molecule has 8 nitrogen and oxygen atoms in total. The van der Waals surface area contributed by atoms with Gasteiger partial charge in [0.05, 0.1) is 5.69 Å². The number of rotatable bonds is 7. The SMILES string of the molecule is CCNC(=O)COc1ccc(NC(=O)c2sc(-c3ncccn3)nc2C)cc1. The number of ether oxygens (including phenoxy) is 1. The molecule has 0 saturated carbocycles. The third-order valence-electron chi connectivity index (χ3n) is 3.62. The van der Waals surface area contributed by atoms with Crippen LogP contribution in [0.25, 0.3) is 10.8 Å². The molecule has 2 heterocycles. The van der Waals surface area contributed by atoms with E-state index in [0.29, 0.717) is 39.4 Å². The molecular weight excluding hydrogens is 378 g/mol. The average molecular weight is 397 g/mol. The monoisotopic (exact) mass is 397 g/mol. The Morgan fingerprint density at radius 1 is 1.14 bits per heavy atom. The van der Waals surface area contributed by atoms with Crippen molar-refractivity contribution in [2.45, 2.75) is 13.8 Å². The molecule has 0 spiro atoms. The van der Waals surface area contributed by atoms with Crippen LogP contribution in [0.1, 0.15) is 22.3 Å². The Balaban J connectivity index is 1.63. The Hall–Kier alpha value is -3.33. The minimum Gasteiger partial charge on any atom is -0.484 e. The summed E-state index contributed by atoms with van der Waals surface area (Å²) in [5.41, 5.74) is 1.23. The van der Waals surface area contributed by atoms with Crippen LogP contribution in [0.2, 0.25) is 0 Å². The second-order valence-electron chi connectivity index (χ2n) is 5.73. The van der Waals surface area contributed by atoms with Crippen LogP contribution in [-0.4, -0.2) is 39.9 Å². The first-order valence-electron chi connectivity index (χ1n) is 8.62. The molecule has 2 amide bonds. The third kappa shape index (κ3) is 4.89. The van der Waals surface area contributed by atoms with Gasteiger partial charge in [-0.2, -0.15) is 0 Å². The van der Waals surface area contributed by atoms with Crippen molar-refractivity contribution in [2.75, 3.05) is 18.5 Å². The van der Waals surface area contributed by atoms with Gasteiger partial charge in [-0.15, -0.1) is 11.3 Å². The number of benzene rings is 1. The van der Waals surface area contributed by atoms with Crippen LogP contribution < -0.4 is 15.4 Å². The van der Waals surface area contributed by atoms with Crippen LogP contribution in [0.15, 0.2) is 42.7 Å². The number of anilines is 1. The van der Waals surface area contributed by atoms with E-state index >= 15 is 0 Å². The molecular formula is C19H19N5O3S. The average Bonchev–Trinajstić information content (AvgIpc) is 3.10. The van der Waals surface area contributed by atoms with Gasteiger partial charge in [0.1, 0.15) is 10.6 Å². The normalized spacial score (nSPS) is 10.4. The molecule has 2 N–H and O–H groups in total. The van der Waals surface area contributed by atoms with Gasteiger partial charge in [0.2, 0.25) is 0 Å². The van der Waals surface area contributed by atoms with Crippen LogP contribution in [0, 0.1) is 6.92 Å². The highest BCUT2D eigenvalue weighted by Crippen LogP contribution is 2.26. The van der Waals surface area contributed by atoms with E-state index in [1.165, 1.54) is 11.3 Å². The number of amides is 2. The van der Waals surface area contributed by atoms with E-state index in [2.05, 4.69) is 25.6 Å². The van der Waals surface area contributed by atoms with Crippen LogP contribution in [0.3, 0.4) is 0 Å². The van der Waals surface area contributed by atoms with Crippen molar-refractivity contribution >= 4 is 28.8 Å². The molecule has 0 bridgehead atoms. The molecule has 0 saturated heterocycles. The van der Waals surface area contributed by atoms with E-state index in [1.807, 2.05) is 6.92 Å². The maximum absolute atomic E-state index is 12.6. The Morgan fingerprint density at radius 2 is 1.86 bits per heavy atom. The predicted molar refractivity (Wildman–Crippen MR) is 106 cm³/mol. The second kappa shape index (κ2) is 9.05. The molecule has 144 valence electrons. The zero-order valence-electron chi connectivity index (χ0n) is 15.4. The molecule has 0 atom stereocenters. The van der Waals surface area contributed by atoms with Crippen LogP contribution in [0.5, 0.6) is 5.75 Å². The first-order chi connectivity index (χ1) is 13.6. The van der Waals surface area contributed by atoms with Gasteiger partial charge in [0.25, 0.3) is 11.8 Å². The molecule has 0 aliphatic heterocycles. The minimum atomic E-state index is -0.256. The van der Waals surface area contributed by atoms with Crippen molar-refractivity contribution in [2.24, 2.45) is 0 Å². The number of aryl methyl sites for hydroxylation is 1. The molecule has 0 fully saturated rings. The van der Waals surface area contributed by atoms with Gasteiger partial charge in [-0.1, -0.05) is 0 Å². The Labute approximate surface area is 166 Å². The van der Waals surface area contributed by atoms with Gasteiger partial charge in [-0.3, -0.25) is 9.59 Å². The largest absolute Gasteiger partial charge is 0.484 e. The molecule has 0 radical (unpaired) electrons. The molecule has 28 heavy (non-hydrogen) atoms. The summed E-state index contributed by atoms with van der Waals surface area (Å²) in [5.74, 6) is 0.594. The van der Waals surface area contributed by atoms with Gasteiger partial charge < -0.3 is 15.4 Å². The lowest BCUT2D eigenvalue weighted by Gasteiger charge is -2.08. The lowest BCUT2D eigenvalue weighted by atomic mass is 10.3. The van der Waals surface area contributed by atoms with Gasteiger partial charge in [0.15, 0.2) is 17.4 Å². The van der Waals surface area contributed by atoms with E-state index in [4.69, 9.17) is 4.74 Å². The summed E-state index contributed by atoms with van der Waals surface area (Å²) in [6.45, 7) is 4.12. The topological polar surface area (TPSA) is 106 Å². The van der Waals surface area contributed by atoms with E-state index in [1.54, 1.807) is 49.6 Å². The summed E-state index contributed by atoms with van der Waals surface area (Å²) in [6, 6.07) is 8.53. The fourth-order valence-electron chi connectivity index (χ4n) is 2.33. The molecule has 0 aliphatic rings. The number of nitrogens with one attached hydrogen (secondary N) is 2. The number of thiazole rings is 1. The molecule has 9 heteroatoms. The van der Waals surface area contributed by atoms with Gasteiger partial charge in [0, 0.05) is 24.6 Å². The quantitative estimate of drug-likeness (QED) is 0.635. The van der Waals surface area contributed by atoms with Crippen molar-refractivity contribution < 1.29 is 14.3 Å². The summed E-state index contributed by atoms with van der Waals surface area (Å²) in [4.78, 5) is 37.2. The highest BCUT2D eigenvalue weighted by molar-refractivity contribution is 7.17. The predicted octanol–water partition coefficient (Wildman–Crippen LogP) is 2.68. The standard InChI is InChI=1S/C19H19N5O3S/c1-3-20-15(25)11-27-14-7-5-13(6-8-14)24-18(26)16-12(2)23-19(28-16)17-21-9-4-10-22-17/h4-10H,3,11H2,1-2H3,(H,20,25)(H,24,26). The summed E-state index contributed by atoms with van der Waals surface area (Å²) < 4.78 is 5.39. The number of aromatic nitrogens is 3. The number of likely N-dealkylation sites (N-methyl/N-ethyl adjacent to an activating group) is 1. The van der Waals surface area contributed by atoms with Crippen molar-refractivity contribution in [1.82, 2.24) is 20.3 Å². The van der Waals surface area contributed by atoms with E-state index < -0.39 is 0 Å². The zero-order valence-corrected chi connectivity index (χ0v) is 16.2. The summed E-state index contributed by atoms with van der Waals surface area (Å²) in [7, 11) is 0. The fraction of sp³-hybridized carbons (Fsp3) is 0.211. The summed E-state index contributed by atoms with van der Waals surface area (Å²) in [6.07, 6.45) is 3.27. The molecule has 3 aromatic rings.